The molecule has 2 aromatic rings. The van der Waals surface area contributed by atoms with Gasteiger partial charge in [0.1, 0.15) is 11.9 Å². The van der Waals surface area contributed by atoms with Crippen LogP contribution in [-0.4, -0.2) is 40.5 Å². The van der Waals surface area contributed by atoms with Gasteiger partial charge in [-0.25, -0.2) is 4.98 Å². The van der Waals surface area contributed by atoms with Crippen LogP contribution in [0.5, 0.6) is 0 Å². The molecule has 8 heteroatoms. The van der Waals surface area contributed by atoms with Gasteiger partial charge in [-0.3, -0.25) is 9.59 Å². The Bertz CT molecular complexity index is 853. The smallest absolute Gasteiger partial charge is 0.254 e. The topological polar surface area (TPSA) is 75.3 Å². The van der Waals surface area contributed by atoms with Crippen molar-refractivity contribution in [2.75, 3.05) is 19.7 Å². The lowest BCUT2D eigenvalue weighted by Crippen LogP contribution is -2.43. The standard InChI is InChI=1S/C17H17Cl2N3O3/c1-10-20-8-12(17(24)21-10)7-16(23)22-4-5-25-15(9-22)11-2-3-13(18)14(19)6-11/h2-3,6,8,15H,4-5,7,9H2,1H3,(H,20,21,24)/t15-/m1/s1. The molecule has 1 N–H and O–H groups in total. The molecule has 0 saturated carbocycles. The summed E-state index contributed by atoms with van der Waals surface area (Å²) in [5.41, 5.74) is 0.935. The number of ether oxygens (including phenoxy) is 1. The maximum atomic E-state index is 12.5. The summed E-state index contributed by atoms with van der Waals surface area (Å²) in [7, 11) is 0. The highest BCUT2D eigenvalue weighted by molar-refractivity contribution is 6.42. The van der Waals surface area contributed by atoms with Gasteiger partial charge in [-0.1, -0.05) is 29.3 Å². The van der Waals surface area contributed by atoms with E-state index in [0.29, 0.717) is 41.1 Å². The molecule has 0 spiro atoms. The number of rotatable bonds is 3. The molecule has 0 radical (unpaired) electrons. The van der Waals surface area contributed by atoms with Crippen LogP contribution in [0.25, 0.3) is 0 Å². The maximum Gasteiger partial charge on any atom is 0.254 e. The average Bonchev–Trinajstić information content (AvgIpc) is 2.60. The predicted molar refractivity (Wildman–Crippen MR) is 95.0 cm³/mol. The Morgan fingerprint density at radius 2 is 2.20 bits per heavy atom. The number of hydrogen-bond donors (Lipinski definition) is 1. The summed E-state index contributed by atoms with van der Waals surface area (Å²) in [5.74, 6) is 0.386. The van der Waals surface area contributed by atoms with Crippen molar-refractivity contribution in [2.24, 2.45) is 0 Å². The van der Waals surface area contributed by atoms with E-state index < -0.39 is 0 Å². The predicted octanol–water partition coefficient (Wildman–Crippen LogP) is 2.53. The van der Waals surface area contributed by atoms with Crippen molar-refractivity contribution in [3.63, 3.8) is 0 Å². The number of carbonyl (C=O) groups is 1. The summed E-state index contributed by atoms with van der Waals surface area (Å²) < 4.78 is 5.75. The van der Waals surface area contributed by atoms with Crippen molar-refractivity contribution < 1.29 is 9.53 Å². The number of aryl methyl sites for hydroxylation is 1. The fourth-order valence-electron chi connectivity index (χ4n) is 2.70. The molecule has 1 saturated heterocycles. The number of H-pyrrole nitrogens is 1. The van der Waals surface area contributed by atoms with Crippen LogP contribution in [0.3, 0.4) is 0 Å². The van der Waals surface area contributed by atoms with Gasteiger partial charge < -0.3 is 14.6 Å². The van der Waals surface area contributed by atoms with Gasteiger partial charge in [-0.05, 0) is 24.6 Å². The number of nitrogens with zero attached hydrogens (tertiary/aromatic N) is 2. The second kappa shape index (κ2) is 7.56. The van der Waals surface area contributed by atoms with E-state index in [9.17, 15) is 9.59 Å². The molecule has 1 aromatic heterocycles. The minimum atomic E-state index is -0.282. The van der Waals surface area contributed by atoms with Gasteiger partial charge in [0.05, 0.1) is 29.6 Å². The van der Waals surface area contributed by atoms with Crippen LogP contribution >= 0.6 is 23.2 Å². The van der Waals surface area contributed by atoms with Crippen molar-refractivity contribution in [1.82, 2.24) is 14.9 Å². The lowest BCUT2D eigenvalue weighted by atomic mass is 10.1. The van der Waals surface area contributed by atoms with Crippen LogP contribution in [0.15, 0.2) is 29.2 Å². The highest BCUT2D eigenvalue weighted by Gasteiger charge is 2.26. The molecule has 3 rings (SSSR count). The monoisotopic (exact) mass is 381 g/mol. The first-order valence-electron chi connectivity index (χ1n) is 7.83. The molecular weight excluding hydrogens is 365 g/mol. The van der Waals surface area contributed by atoms with Gasteiger partial charge in [0, 0.05) is 18.3 Å². The number of carbonyl (C=O) groups excluding carboxylic acids is 1. The molecule has 1 atom stereocenters. The van der Waals surface area contributed by atoms with Gasteiger partial charge >= 0.3 is 0 Å². The molecule has 2 heterocycles. The van der Waals surface area contributed by atoms with Crippen LogP contribution in [0, 0.1) is 6.92 Å². The van der Waals surface area contributed by atoms with Crippen molar-refractivity contribution in [3.05, 3.63) is 61.7 Å². The number of benzene rings is 1. The molecule has 1 amide bonds. The van der Waals surface area contributed by atoms with Gasteiger partial charge in [0.25, 0.3) is 5.56 Å². The van der Waals surface area contributed by atoms with Crippen molar-refractivity contribution in [1.29, 1.82) is 0 Å². The first kappa shape index (κ1) is 17.9. The number of halogens is 2. The van der Waals surface area contributed by atoms with Crippen LogP contribution in [0.2, 0.25) is 10.0 Å². The van der Waals surface area contributed by atoms with Gasteiger partial charge in [0.2, 0.25) is 5.91 Å². The minimum Gasteiger partial charge on any atom is -0.370 e. The van der Waals surface area contributed by atoms with Crippen LogP contribution in [0.4, 0.5) is 0 Å². The fraction of sp³-hybridized carbons (Fsp3) is 0.353. The molecule has 1 aromatic carbocycles. The molecule has 1 aliphatic rings. The van der Waals surface area contributed by atoms with Crippen molar-refractivity contribution in [2.45, 2.75) is 19.4 Å². The number of amides is 1. The highest BCUT2D eigenvalue weighted by atomic mass is 35.5. The second-order valence-electron chi connectivity index (χ2n) is 5.87. The number of aromatic amines is 1. The fourth-order valence-corrected chi connectivity index (χ4v) is 3.01. The molecule has 0 unspecified atom stereocenters. The number of morpholine rings is 1. The Kier molecular flexibility index (Phi) is 5.42. The second-order valence-corrected chi connectivity index (χ2v) is 6.69. The zero-order chi connectivity index (χ0) is 18.0. The molecule has 1 aliphatic heterocycles. The SMILES string of the molecule is Cc1ncc(CC(=O)N2CCO[C@@H](c3ccc(Cl)c(Cl)c3)C2)c(=O)[nH]1. The Morgan fingerprint density at radius 1 is 1.40 bits per heavy atom. The van der Waals surface area contributed by atoms with Gasteiger partial charge in [-0.2, -0.15) is 0 Å². The summed E-state index contributed by atoms with van der Waals surface area (Å²) in [6.07, 6.45) is 1.18. The lowest BCUT2D eigenvalue weighted by molar-refractivity contribution is -0.138. The minimum absolute atomic E-state index is 0.0106. The van der Waals surface area contributed by atoms with Crippen LogP contribution in [0.1, 0.15) is 23.1 Å². The van der Waals surface area contributed by atoms with E-state index in [-0.39, 0.29) is 24.0 Å². The first-order valence-corrected chi connectivity index (χ1v) is 8.59. The number of hydrogen-bond acceptors (Lipinski definition) is 4. The van der Waals surface area contributed by atoms with Crippen LogP contribution in [-0.2, 0) is 16.0 Å². The third-order valence-electron chi connectivity index (χ3n) is 4.08. The van der Waals surface area contributed by atoms with Gasteiger partial charge in [0.15, 0.2) is 0 Å². The normalized spacial score (nSPS) is 17.6. The Hall–Kier alpha value is -1.89. The van der Waals surface area contributed by atoms with Gasteiger partial charge in [-0.15, -0.1) is 0 Å². The van der Waals surface area contributed by atoms with E-state index in [1.54, 1.807) is 24.0 Å². The zero-order valence-electron chi connectivity index (χ0n) is 13.6. The molecule has 0 aliphatic carbocycles. The van der Waals surface area contributed by atoms with Crippen molar-refractivity contribution >= 4 is 29.1 Å². The van der Waals surface area contributed by atoms with E-state index in [0.717, 1.165) is 5.56 Å². The van der Waals surface area contributed by atoms with E-state index in [2.05, 4.69) is 9.97 Å². The average molecular weight is 382 g/mol. The molecule has 0 bridgehead atoms. The maximum absolute atomic E-state index is 12.5. The molecule has 132 valence electrons. The largest absolute Gasteiger partial charge is 0.370 e. The summed E-state index contributed by atoms with van der Waals surface area (Å²) >= 11 is 12.0. The summed E-state index contributed by atoms with van der Waals surface area (Å²) in [6.45, 7) is 2.98. The number of nitrogens with one attached hydrogen (secondary N) is 1. The molecule has 25 heavy (non-hydrogen) atoms. The van der Waals surface area contributed by atoms with E-state index >= 15 is 0 Å². The third-order valence-corrected chi connectivity index (χ3v) is 4.82. The lowest BCUT2D eigenvalue weighted by Gasteiger charge is -2.33. The molecular formula is C17H17Cl2N3O3. The van der Waals surface area contributed by atoms with E-state index in [1.165, 1.54) is 6.20 Å². The van der Waals surface area contributed by atoms with E-state index in [4.69, 9.17) is 27.9 Å². The van der Waals surface area contributed by atoms with Crippen LogP contribution < -0.4 is 5.56 Å². The first-order chi connectivity index (χ1) is 11.9. The summed E-state index contributed by atoms with van der Waals surface area (Å²) in [5, 5.41) is 0.920. The Balaban J connectivity index is 1.71. The van der Waals surface area contributed by atoms with E-state index in [1.807, 2.05) is 6.07 Å². The third kappa shape index (κ3) is 4.21. The van der Waals surface area contributed by atoms with Crippen molar-refractivity contribution in [3.8, 4) is 0 Å². The number of aromatic nitrogens is 2. The Morgan fingerprint density at radius 3 is 2.92 bits per heavy atom. The zero-order valence-corrected chi connectivity index (χ0v) is 15.1. The molecule has 6 nitrogen and oxygen atoms in total. The highest BCUT2D eigenvalue weighted by Crippen LogP contribution is 2.29. The quantitative estimate of drug-likeness (QED) is 0.885. The Labute approximate surface area is 154 Å². The summed E-state index contributed by atoms with van der Waals surface area (Å²) in [6, 6.07) is 5.29. The summed E-state index contributed by atoms with van der Waals surface area (Å²) in [4.78, 5) is 32.8. The molecule has 1 fully saturated rings.